The first-order valence-corrected chi connectivity index (χ1v) is 11.5. The van der Waals surface area contributed by atoms with Crippen LogP contribution in [-0.4, -0.2) is 8.07 Å². The monoisotopic (exact) mass is 380 g/mol. The van der Waals surface area contributed by atoms with Gasteiger partial charge in [0.05, 0.1) is 0 Å². The third-order valence-electron chi connectivity index (χ3n) is 5.08. The van der Waals surface area contributed by atoms with Crippen LogP contribution in [-0.2, 0) is 0 Å². The molecule has 0 unspecified atom stereocenters. The fourth-order valence-electron chi connectivity index (χ4n) is 3.69. The lowest BCUT2D eigenvalue weighted by Crippen LogP contribution is -2.66. The second-order valence-electron chi connectivity index (χ2n) is 6.79. The van der Waals surface area contributed by atoms with Crippen molar-refractivity contribution in [2.24, 2.45) is 0 Å². The molecule has 0 amide bonds. The molecule has 0 radical (unpaired) electrons. The maximum Gasteiger partial charge on any atom is 0.172 e. The predicted octanol–water partition coefficient (Wildman–Crippen LogP) is 4.55. The molecule has 0 aliphatic carbocycles. The molecule has 0 bridgehead atoms. The van der Waals surface area contributed by atoms with Crippen molar-refractivity contribution in [3.05, 3.63) is 132 Å². The maximum absolute atomic E-state index is 13.3. The topological polar surface area (TPSA) is 0 Å². The molecule has 0 atom stereocenters. The van der Waals surface area contributed by atoms with Crippen molar-refractivity contribution in [3.8, 4) is 0 Å². The standard InChI is InChI=1S/C26H21FSi/c27-23-18-16-22(17-19-23)20-21-28(24-10-4-1-5-11-24,25-12-6-2-7-13-25)26-14-8-3-9-15-26/h1-21H/b21-20+. The van der Waals surface area contributed by atoms with Crippen molar-refractivity contribution in [1.29, 1.82) is 0 Å². The van der Waals surface area contributed by atoms with Crippen LogP contribution in [0.3, 0.4) is 0 Å². The highest BCUT2D eigenvalue weighted by atomic mass is 28.3. The van der Waals surface area contributed by atoms with E-state index >= 15 is 0 Å². The fourth-order valence-corrected chi connectivity index (χ4v) is 7.86. The van der Waals surface area contributed by atoms with E-state index in [2.05, 4.69) is 103 Å². The minimum atomic E-state index is -2.39. The molecule has 0 spiro atoms. The van der Waals surface area contributed by atoms with Crippen LogP contribution in [0.5, 0.6) is 0 Å². The van der Waals surface area contributed by atoms with Gasteiger partial charge in [0.15, 0.2) is 8.07 Å². The van der Waals surface area contributed by atoms with Crippen LogP contribution in [0.25, 0.3) is 6.08 Å². The van der Waals surface area contributed by atoms with Crippen LogP contribution in [0, 0.1) is 5.82 Å². The van der Waals surface area contributed by atoms with Crippen molar-refractivity contribution in [2.75, 3.05) is 0 Å². The van der Waals surface area contributed by atoms with E-state index in [9.17, 15) is 4.39 Å². The zero-order valence-electron chi connectivity index (χ0n) is 15.5. The Hall–Kier alpha value is -3.23. The summed E-state index contributed by atoms with van der Waals surface area (Å²) in [5, 5.41) is 3.97. The Morgan fingerprint density at radius 3 is 1.29 bits per heavy atom. The lowest BCUT2D eigenvalue weighted by molar-refractivity contribution is 0.628. The van der Waals surface area contributed by atoms with Crippen LogP contribution in [0.2, 0.25) is 0 Å². The zero-order chi connectivity index (χ0) is 19.2. The minimum Gasteiger partial charge on any atom is -0.207 e. The van der Waals surface area contributed by atoms with Gasteiger partial charge in [-0.1, -0.05) is 115 Å². The lowest BCUT2D eigenvalue weighted by atomic mass is 10.2. The first-order chi connectivity index (χ1) is 13.8. The summed E-state index contributed by atoms with van der Waals surface area (Å²) >= 11 is 0. The summed E-state index contributed by atoms with van der Waals surface area (Å²) in [6, 6.07) is 38.8. The lowest BCUT2D eigenvalue weighted by Gasteiger charge is -2.30. The summed E-state index contributed by atoms with van der Waals surface area (Å²) in [4.78, 5) is 0. The molecule has 4 rings (SSSR count). The van der Waals surface area contributed by atoms with Gasteiger partial charge in [0.1, 0.15) is 5.82 Å². The van der Waals surface area contributed by atoms with E-state index < -0.39 is 8.07 Å². The van der Waals surface area contributed by atoms with Gasteiger partial charge in [0, 0.05) is 0 Å². The van der Waals surface area contributed by atoms with Gasteiger partial charge in [-0.2, -0.15) is 0 Å². The van der Waals surface area contributed by atoms with Crippen LogP contribution in [0.15, 0.2) is 121 Å². The number of hydrogen-bond donors (Lipinski definition) is 0. The number of halogens is 1. The largest absolute Gasteiger partial charge is 0.207 e. The van der Waals surface area contributed by atoms with Gasteiger partial charge < -0.3 is 0 Å². The normalized spacial score (nSPS) is 11.6. The van der Waals surface area contributed by atoms with Crippen molar-refractivity contribution in [2.45, 2.75) is 0 Å². The van der Waals surface area contributed by atoms with E-state index in [1.165, 1.54) is 27.7 Å². The molecule has 0 nitrogen and oxygen atoms in total. The van der Waals surface area contributed by atoms with Crippen molar-refractivity contribution in [1.82, 2.24) is 0 Å². The average molecular weight is 381 g/mol. The quantitative estimate of drug-likeness (QED) is 0.352. The molecule has 4 aromatic carbocycles. The molecule has 0 aliphatic rings. The van der Waals surface area contributed by atoms with Crippen LogP contribution >= 0.6 is 0 Å². The van der Waals surface area contributed by atoms with Gasteiger partial charge in [-0.3, -0.25) is 0 Å². The van der Waals surface area contributed by atoms with Crippen molar-refractivity contribution >= 4 is 29.7 Å². The number of benzene rings is 4. The Kier molecular flexibility index (Phi) is 5.31. The molecule has 0 aliphatic heterocycles. The molecular formula is C26H21FSi. The highest BCUT2D eigenvalue weighted by molar-refractivity contribution is 7.15. The number of hydrogen-bond acceptors (Lipinski definition) is 0. The summed E-state index contributed by atoms with van der Waals surface area (Å²) in [5.41, 5.74) is 3.36. The summed E-state index contributed by atoms with van der Waals surface area (Å²) in [5.74, 6) is -0.213. The summed E-state index contributed by atoms with van der Waals surface area (Å²) in [7, 11) is -2.39. The molecule has 0 saturated heterocycles. The summed E-state index contributed by atoms with van der Waals surface area (Å²) < 4.78 is 13.3. The Labute approximate surface area is 166 Å². The molecule has 0 aromatic heterocycles. The maximum atomic E-state index is 13.3. The molecule has 0 heterocycles. The van der Waals surface area contributed by atoms with Gasteiger partial charge in [-0.15, -0.1) is 0 Å². The van der Waals surface area contributed by atoms with E-state index in [4.69, 9.17) is 0 Å². The average Bonchev–Trinajstić information content (AvgIpc) is 2.78. The SMILES string of the molecule is Fc1ccc(/C=C/[Si](c2ccccc2)(c2ccccc2)c2ccccc2)cc1. The van der Waals surface area contributed by atoms with Crippen LogP contribution < -0.4 is 15.6 Å². The third-order valence-corrected chi connectivity index (χ3v) is 9.48. The van der Waals surface area contributed by atoms with Gasteiger partial charge in [0.2, 0.25) is 0 Å². The predicted molar refractivity (Wildman–Crippen MR) is 119 cm³/mol. The Balaban J connectivity index is 1.97. The van der Waals surface area contributed by atoms with Gasteiger partial charge in [-0.05, 0) is 33.3 Å². The first-order valence-electron chi connectivity index (χ1n) is 9.40. The minimum absolute atomic E-state index is 0.213. The van der Waals surface area contributed by atoms with Crippen molar-refractivity contribution < 1.29 is 4.39 Å². The fraction of sp³-hybridized carbons (Fsp3) is 0. The highest BCUT2D eigenvalue weighted by Crippen LogP contribution is 2.13. The molecule has 28 heavy (non-hydrogen) atoms. The van der Waals surface area contributed by atoms with E-state index in [1.54, 1.807) is 0 Å². The third kappa shape index (κ3) is 3.60. The summed E-state index contributed by atoms with van der Waals surface area (Å²) in [6.45, 7) is 0. The second-order valence-corrected chi connectivity index (χ2v) is 10.5. The first kappa shape index (κ1) is 18.1. The van der Waals surface area contributed by atoms with Gasteiger partial charge in [-0.25, -0.2) is 4.39 Å². The molecule has 2 heteroatoms. The Morgan fingerprint density at radius 1 is 0.500 bits per heavy atom. The molecule has 4 aromatic rings. The van der Waals surface area contributed by atoms with Crippen LogP contribution in [0.4, 0.5) is 4.39 Å². The molecule has 136 valence electrons. The molecular weight excluding hydrogens is 359 g/mol. The van der Waals surface area contributed by atoms with E-state index in [-0.39, 0.29) is 5.82 Å². The summed E-state index contributed by atoms with van der Waals surface area (Å²) in [6.07, 6.45) is 2.14. The highest BCUT2D eigenvalue weighted by Gasteiger charge is 2.36. The molecule has 0 N–H and O–H groups in total. The van der Waals surface area contributed by atoms with Gasteiger partial charge >= 0.3 is 0 Å². The van der Waals surface area contributed by atoms with Crippen molar-refractivity contribution in [3.63, 3.8) is 0 Å². The van der Waals surface area contributed by atoms with E-state index in [0.29, 0.717) is 0 Å². The smallest absolute Gasteiger partial charge is 0.172 e. The second kappa shape index (κ2) is 8.20. The van der Waals surface area contributed by atoms with E-state index in [0.717, 1.165) is 5.56 Å². The van der Waals surface area contributed by atoms with Gasteiger partial charge in [0.25, 0.3) is 0 Å². The van der Waals surface area contributed by atoms with E-state index in [1.807, 2.05) is 12.1 Å². The Morgan fingerprint density at radius 2 is 0.893 bits per heavy atom. The molecule has 0 saturated carbocycles. The van der Waals surface area contributed by atoms with Crippen LogP contribution in [0.1, 0.15) is 5.56 Å². The zero-order valence-corrected chi connectivity index (χ0v) is 16.5. The molecule has 0 fully saturated rings. The Bertz CT molecular complexity index is 943. The number of rotatable bonds is 5.